The third kappa shape index (κ3) is 24.1. The summed E-state index contributed by atoms with van der Waals surface area (Å²) < 4.78 is 0. The molecule has 0 fully saturated rings. The van der Waals surface area contributed by atoms with E-state index >= 15 is 0 Å². The van der Waals surface area contributed by atoms with Gasteiger partial charge in [-0.1, -0.05) is 181 Å². The summed E-state index contributed by atoms with van der Waals surface area (Å²) in [5.41, 5.74) is 0. The molecule has 0 bridgehead atoms. The molecule has 0 unspecified atom stereocenters. The van der Waals surface area contributed by atoms with E-state index in [0.29, 0.717) is 0 Å². The molecule has 0 aromatic heterocycles. The number of hydrogen-bond acceptors (Lipinski definition) is 0. The van der Waals surface area contributed by atoms with Crippen LogP contribution in [-0.2, 0) is 0 Å². The van der Waals surface area contributed by atoms with Gasteiger partial charge in [-0.3, -0.25) is 0 Å². The largest absolute Gasteiger partial charge is 0.0654 e. The lowest BCUT2D eigenvalue weighted by Crippen LogP contribution is -2.01. The fraction of sp³-hybridized carbons (Fsp3) is 1.00. The molecule has 0 N–H and O–H groups in total. The second kappa shape index (κ2) is 26.0. The van der Waals surface area contributed by atoms with E-state index in [9.17, 15) is 0 Å². The zero-order valence-corrected chi connectivity index (χ0v) is 21.3. The van der Waals surface area contributed by atoms with Gasteiger partial charge in [0.1, 0.15) is 0 Å². The molecule has 0 heteroatoms. The van der Waals surface area contributed by atoms with Crippen LogP contribution < -0.4 is 0 Å². The lowest BCUT2D eigenvalue weighted by Gasteiger charge is -2.17. The van der Waals surface area contributed by atoms with E-state index in [2.05, 4.69) is 20.8 Å². The van der Waals surface area contributed by atoms with E-state index in [-0.39, 0.29) is 0 Å². The van der Waals surface area contributed by atoms with Crippen molar-refractivity contribution in [1.82, 2.24) is 0 Å². The molecule has 0 heterocycles. The van der Waals surface area contributed by atoms with Gasteiger partial charge in [0.15, 0.2) is 0 Å². The smallest absolute Gasteiger partial charge is 0.0414 e. The van der Waals surface area contributed by atoms with Gasteiger partial charge in [-0.25, -0.2) is 0 Å². The summed E-state index contributed by atoms with van der Waals surface area (Å²) in [5, 5.41) is 0. The van der Waals surface area contributed by atoms with Crippen molar-refractivity contribution in [2.24, 2.45) is 5.92 Å². The lowest BCUT2D eigenvalue weighted by atomic mass is 9.89. The van der Waals surface area contributed by atoms with Crippen molar-refractivity contribution in [3.05, 3.63) is 0 Å². The topological polar surface area (TPSA) is 0 Å². The molecule has 0 rings (SSSR count). The van der Waals surface area contributed by atoms with E-state index < -0.39 is 0 Å². The molecule has 176 valence electrons. The van der Waals surface area contributed by atoms with Crippen molar-refractivity contribution in [3.63, 3.8) is 0 Å². The van der Waals surface area contributed by atoms with Gasteiger partial charge in [-0.05, 0) is 5.92 Å². The average molecular weight is 409 g/mol. The molecule has 0 aliphatic carbocycles. The first-order valence-corrected chi connectivity index (χ1v) is 14.3. The highest BCUT2D eigenvalue weighted by atomic mass is 14.1. The third-order valence-electron chi connectivity index (χ3n) is 6.90. The molecular formula is C29H60. The summed E-state index contributed by atoms with van der Waals surface area (Å²) in [6, 6.07) is 0. The Labute approximate surface area is 187 Å². The maximum absolute atomic E-state index is 2.32. The fourth-order valence-electron chi connectivity index (χ4n) is 4.78. The predicted molar refractivity (Wildman–Crippen MR) is 136 cm³/mol. The highest BCUT2D eigenvalue weighted by Crippen LogP contribution is 2.25. The minimum absolute atomic E-state index is 1.04. The van der Waals surface area contributed by atoms with Crippen molar-refractivity contribution >= 4 is 0 Å². The number of hydrogen-bond donors (Lipinski definition) is 0. The zero-order valence-electron chi connectivity index (χ0n) is 21.3. The van der Waals surface area contributed by atoms with Crippen molar-refractivity contribution < 1.29 is 0 Å². The molecule has 0 aromatic rings. The molecular weight excluding hydrogens is 348 g/mol. The van der Waals surface area contributed by atoms with Gasteiger partial charge in [0, 0.05) is 0 Å². The van der Waals surface area contributed by atoms with Crippen LogP contribution in [0.3, 0.4) is 0 Å². The van der Waals surface area contributed by atoms with Gasteiger partial charge in [-0.15, -0.1) is 0 Å². The van der Waals surface area contributed by atoms with E-state index in [1.807, 2.05) is 0 Å². The molecule has 0 nitrogen and oxygen atoms in total. The van der Waals surface area contributed by atoms with Crippen LogP contribution in [-0.4, -0.2) is 0 Å². The second-order valence-electron chi connectivity index (χ2n) is 9.95. The predicted octanol–water partition coefficient (Wildman–Crippen LogP) is 11.4. The molecule has 0 spiro atoms. The second-order valence-corrected chi connectivity index (χ2v) is 9.95. The Morgan fingerprint density at radius 3 is 0.724 bits per heavy atom. The van der Waals surface area contributed by atoms with Crippen LogP contribution >= 0.6 is 0 Å². The van der Waals surface area contributed by atoms with Gasteiger partial charge in [0.2, 0.25) is 0 Å². The highest BCUT2D eigenvalue weighted by Gasteiger charge is 2.08. The molecule has 0 radical (unpaired) electrons. The summed E-state index contributed by atoms with van der Waals surface area (Å²) in [4.78, 5) is 0. The lowest BCUT2D eigenvalue weighted by molar-refractivity contribution is 0.365. The minimum Gasteiger partial charge on any atom is -0.0654 e. The molecule has 0 amide bonds. The van der Waals surface area contributed by atoms with Crippen LogP contribution in [0.2, 0.25) is 0 Å². The van der Waals surface area contributed by atoms with Crippen molar-refractivity contribution in [2.45, 2.75) is 181 Å². The van der Waals surface area contributed by atoms with Crippen LogP contribution in [0.4, 0.5) is 0 Å². The average Bonchev–Trinajstić information content (AvgIpc) is 2.73. The Balaban J connectivity index is 3.74. The Bertz CT molecular complexity index is 253. The van der Waals surface area contributed by atoms with Crippen LogP contribution in [0.5, 0.6) is 0 Å². The molecule has 0 aliphatic heterocycles. The van der Waals surface area contributed by atoms with E-state index in [0.717, 1.165) is 5.92 Å². The molecule has 29 heavy (non-hydrogen) atoms. The normalized spacial score (nSPS) is 11.6. The Morgan fingerprint density at radius 1 is 0.276 bits per heavy atom. The summed E-state index contributed by atoms with van der Waals surface area (Å²) in [6.45, 7) is 6.96. The van der Waals surface area contributed by atoms with Crippen LogP contribution in [0.1, 0.15) is 181 Å². The molecule has 0 aromatic carbocycles. The first-order valence-electron chi connectivity index (χ1n) is 14.3. The van der Waals surface area contributed by atoms with Crippen molar-refractivity contribution in [3.8, 4) is 0 Å². The first-order chi connectivity index (χ1) is 14.3. The minimum atomic E-state index is 1.04. The maximum atomic E-state index is 2.32. The van der Waals surface area contributed by atoms with Crippen molar-refractivity contribution in [2.75, 3.05) is 0 Å². The Hall–Kier alpha value is 0. The number of rotatable bonds is 25. The van der Waals surface area contributed by atoms with E-state index in [1.54, 1.807) is 0 Å². The number of unbranched alkanes of at least 4 members (excludes halogenated alkanes) is 19. The van der Waals surface area contributed by atoms with Crippen LogP contribution in [0, 0.1) is 5.92 Å². The molecule has 0 atom stereocenters. The summed E-state index contributed by atoms with van der Waals surface area (Å²) in [6.07, 6.45) is 36.8. The molecule has 0 aliphatic rings. The van der Waals surface area contributed by atoms with Crippen molar-refractivity contribution in [1.29, 1.82) is 0 Å². The van der Waals surface area contributed by atoms with Gasteiger partial charge in [0.05, 0.1) is 0 Å². The molecule has 0 saturated heterocycles. The fourth-order valence-corrected chi connectivity index (χ4v) is 4.78. The summed E-state index contributed by atoms with van der Waals surface area (Å²) in [5.74, 6) is 1.04. The SMILES string of the molecule is CCCCCCCCCCCCC(CCCCCCCC)CCCCCCCC. The first kappa shape index (κ1) is 29.0. The Kier molecular flexibility index (Phi) is 26.0. The Morgan fingerprint density at radius 2 is 0.483 bits per heavy atom. The van der Waals surface area contributed by atoms with Crippen LogP contribution in [0.25, 0.3) is 0 Å². The maximum Gasteiger partial charge on any atom is -0.0414 e. The van der Waals surface area contributed by atoms with Gasteiger partial charge >= 0.3 is 0 Å². The molecule has 0 saturated carbocycles. The zero-order chi connectivity index (χ0) is 21.3. The van der Waals surface area contributed by atoms with Crippen LogP contribution in [0.15, 0.2) is 0 Å². The van der Waals surface area contributed by atoms with E-state index in [1.165, 1.54) is 161 Å². The monoisotopic (exact) mass is 408 g/mol. The van der Waals surface area contributed by atoms with Gasteiger partial charge in [0.25, 0.3) is 0 Å². The summed E-state index contributed by atoms with van der Waals surface area (Å²) in [7, 11) is 0. The van der Waals surface area contributed by atoms with E-state index in [4.69, 9.17) is 0 Å². The quantitative estimate of drug-likeness (QED) is 0.132. The van der Waals surface area contributed by atoms with Gasteiger partial charge < -0.3 is 0 Å². The van der Waals surface area contributed by atoms with Gasteiger partial charge in [-0.2, -0.15) is 0 Å². The highest BCUT2D eigenvalue weighted by molar-refractivity contribution is 4.62. The standard InChI is InChI=1S/C29H60/c1-4-7-10-13-16-17-18-19-22-25-28-29(26-23-20-14-11-8-5-2)27-24-21-15-12-9-6-3/h29H,4-28H2,1-3H3. The third-order valence-corrected chi connectivity index (χ3v) is 6.90. The summed E-state index contributed by atoms with van der Waals surface area (Å²) >= 11 is 0.